The fraction of sp³-hybridized carbons (Fsp3) is 0.462. The number of amides is 1. The van der Waals surface area contributed by atoms with Gasteiger partial charge in [0.05, 0.1) is 5.69 Å². The molecule has 0 heterocycles. The summed E-state index contributed by atoms with van der Waals surface area (Å²) >= 11 is 0. The van der Waals surface area contributed by atoms with Crippen LogP contribution in [-0.2, 0) is 4.79 Å². The van der Waals surface area contributed by atoms with E-state index in [-0.39, 0.29) is 17.5 Å². The van der Waals surface area contributed by atoms with Gasteiger partial charge < -0.3 is 11.1 Å². The minimum atomic E-state index is -0.487. The van der Waals surface area contributed by atoms with E-state index in [9.17, 15) is 9.18 Å². The summed E-state index contributed by atoms with van der Waals surface area (Å²) in [4.78, 5) is 11.9. The average Bonchev–Trinajstić information content (AvgIpc) is 2.78. The van der Waals surface area contributed by atoms with Crippen LogP contribution in [0.4, 0.5) is 15.8 Å². The molecule has 3 N–H and O–H groups in total. The summed E-state index contributed by atoms with van der Waals surface area (Å²) in [6, 6.07) is 4.37. The number of nitrogen functional groups attached to an aromatic ring is 1. The molecule has 3 rings (SSSR count). The molecule has 90 valence electrons. The first-order valence-electron chi connectivity index (χ1n) is 6.02. The van der Waals surface area contributed by atoms with Gasteiger partial charge in [-0.05, 0) is 42.9 Å². The van der Waals surface area contributed by atoms with Crippen LogP contribution in [0.2, 0.25) is 0 Å². The molecule has 2 unspecified atom stereocenters. The summed E-state index contributed by atoms with van der Waals surface area (Å²) in [6.45, 7) is 0. The molecule has 1 aromatic rings. The molecule has 0 aliphatic heterocycles. The minimum Gasteiger partial charge on any atom is -0.396 e. The number of carbonyl (C=O) groups is 1. The molecule has 1 aromatic carbocycles. The van der Waals surface area contributed by atoms with Crippen LogP contribution >= 0.6 is 0 Å². The Morgan fingerprint density at radius 2 is 2.06 bits per heavy atom. The second-order valence-corrected chi connectivity index (χ2v) is 5.01. The van der Waals surface area contributed by atoms with Crippen LogP contribution in [0.5, 0.6) is 0 Å². The van der Waals surface area contributed by atoms with E-state index in [4.69, 9.17) is 5.73 Å². The van der Waals surface area contributed by atoms with Gasteiger partial charge in [-0.3, -0.25) is 4.79 Å². The summed E-state index contributed by atoms with van der Waals surface area (Å²) in [6.07, 6.45) is 3.58. The lowest BCUT2D eigenvalue weighted by molar-refractivity contribution is -0.118. The Labute approximate surface area is 99.2 Å². The Kier molecular flexibility index (Phi) is 2.31. The van der Waals surface area contributed by atoms with Crippen LogP contribution in [0.15, 0.2) is 18.2 Å². The molecule has 1 amide bonds. The lowest BCUT2D eigenvalue weighted by Crippen LogP contribution is -2.16. The average molecular weight is 234 g/mol. The fourth-order valence-electron chi connectivity index (χ4n) is 3.04. The van der Waals surface area contributed by atoms with Crippen molar-refractivity contribution in [1.82, 2.24) is 0 Å². The van der Waals surface area contributed by atoms with Gasteiger partial charge in [0, 0.05) is 11.6 Å². The lowest BCUT2D eigenvalue weighted by Gasteiger charge is -2.07. The zero-order chi connectivity index (χ0) is 12.0. The van der Waals surface area contributed by atoms with Crippen LogP contribution in [0.3, 0.4) is 0 Å². The van der Waals surface area contributed by atoms with Crippen molar-refractivity contribution in [2.75, 3.05) is 11.1 Å². The van der Waals surface area contributed by atoms with Gasteiger partial charge in [0.15, 0.2) is 0 Å². The van der Waals surface area contributed by atoms with Gasteiger partial charge in [0.25, 0.3) is 0 Å². The third-order valence-corrected chi connectivity index (χ3v) is 3.98. The Morgan fingerprint density at radius 1 is 1.35 bits per heavy atom. The smallest absolute Gasteiger partial charge is 0.228 e. The molecule has 4 heteroatoms. The molecule has 2 aliphatic rings. The van der Waals surface area contributed by atoms with Gasteiger partial charge in [-0.2, -0.15) is 0 Å². The first-order valence-corrected chi connectivity index (χ1v) is 6.02. The van der Waals surface area contributed by atoms with E-state index in [0.717, 1.165) is 0 Å². The monoisotopic (exact) mass is 234 g/mol. The van der Waals surface area contributed by atoms with Gasteiger partial charge in [0.2, 0.25) is 5.91 Å². The number of halogens is 1. The van der Waals surface area contributed by atoms with E-state index in [1.807, 2.05) is 0 Å². The van der Waals surface area contributed by atoms with Crippen molar-refractivity contribution in [2.24, 2.45) is 17.8 Å². The van der Waals surface area contributed by atoms with E-state index >= 15 is 0 Å². The van der Waals surface area contributed by atoms with Gasteiger partial charge in [-0.25, -0.2) is 4.39 Å². The highest BCUT2D eigenvalue weighted by Gasteiger charge is 2.56. The quantitative estimate of drug-likeness (QED) is 0.772. The van der Waals surface area contributed by atoms with Crippen molar-refractivity contribution in [3.8, 4) is 0 Å². The molecule has 2 atom stereocenters. The van der Waals surface area contributed by atoms with Crippen LogP contribution in [0, 0.1) is 23.6 Å². The van der Waals surface area contributed by atoms with Gasteiger partial charge in [0.1, 0.15) is 5.82 Å². The predicted octanol–water partition coefficient (Wildman–Crippen LogP) is 2.39. The number of nitrogens with two attached hydrogens (primary N) is 1. The molecule has 0 spiro atoms. The Balaban J connectivity index is 1.67. The summed E-state index contributed by atoms with van der Waals surface area (Å²) < 4.78 is 13.2. The number of nitrogens with one attached hydrogen (secondary N) is 1. The van der Waals surface area contributed by atoms with Crippen LogP contribution in [0.25, 0.3) is 0 Å². The molecular weight excluding hydrogens is 219 g/mol. The van der Waals surface area contributed by atoms with E-state index < -0.39 is 5.82 Å². The number of hydrogen-bond acceptors (Lipinski definition) is 2. The molecule has 3 nitrogen and oxygen atoms in total. The number of rotatable bonds is 2. The topological polar surface area (TPSA) is 55.1 Å². The Hall–Kier alpha value is -1.58. The first-order chi connectivity index (χ1) is 8.16. The van der Waals surface area contributed by atoms with E-state index in [0.29, 0.717) is 17.5 Å². The van der Waals surface area contributed by atoms with Crippen molar-refractivity contribution < 1.29 is 9.18 Å². The van der Waals surface area contributed by atoms with Crippen LogP contribution < -0.4 is 11.1 Å². The van der Waals surface area contributed by atoms with Crippen molar-refractivity contribution in [1.29, 1.82) is 0 Å². The number of fused-ring (bicyclic) bond motifs is 1. The Morgan fingerprint density at radius 3 is 2.71 bits per heavy atom. The third-order valence-electron chi connectivity index (χ3n) is 3.98. The molecule has 2 aliphatic carbocycles. The number of benzene rings is 1. The van der Waals surface area contributed by atoms with E-state index in [2.05, 4.69) is 5.32 Å². The normalized spacial score (nSPS) is 29.8. The largest absolute Gasteiger partial charge is 0.396 e. The fourth-order valence-corrected chi connectivity index (χ4v) is 3.04. The highest BCUT2D eigenvalue weighted by Crippen LogP contribution is 2.57. The van der Waals surface area contributed by atoms with Gasteiger partial charge >= 0.3 is 0 Å². The highest BCUT2D eigenvalue weighted by molar-refractivity contribution is 5.95. The summed E-state index contributed by atoms with van der Waals surface area (Å²) in [7, 11) is 0. The maximum atomic E-state index is 13.2. The summed E-state index contributed by atoms with van der Waals surface area (Å²) in [5.74, 6) is 0.856. The van der Waals surface area contributed by atoms with Crippen molar-refractivity contribution >= 4 is 17.3 Å². The van der Waals surface area contributed by atoms with E-state index in [1.54, 1.807) is 6.07 Å². The van der Waals surface area contributed by atoms with Crippen molar-refractivity contribution in [3.63, 3.8) is 0 Å². The second-order valence-electron chi connectivity index (χ2n) is 5.01. The SMILES string of the molecule is Nc1ccc(NC(=O)C2C3CCCC32)cc1F. The molecule has 0 aromatic heterocycles. The maximum absolute atomic E-state index is 13.2. The minimum absolute atomic E-state index is 0.0314. The number of anilines is 2. The molecule has 2 fully saturated rings. The number of hydrogen-bond donors (Lipinski definition) is 2. The lowest BCUT2D eigenvalue weighted by atomic mass is 10.1. The molecule has 0 bridgehead atoms. The molecule has 17 heavy (non-hydrogen) atoms. The van der Waals surface area contributed by atoms with Gasteiger partial charge in [-0.15, -0.1) is 0 Å². The van der Waals surface area contributed by atoms with Crippen molar-refractivity contribution in [2.45, 2.75) is 19.3 Å². The van der Waals surface area contributed by atoms with Gasteiger partial charge in [-0.1, -0.05) is 6.42 Å². The zero-order valence-corrected chi connectivity index (χ0v) is 9.45. The third kappa shape index (κ3) is 1.77. The molecule has 2 saturated carbocycles. The Bertz CT molecular complexity index is 464. The van der Waals surface area contributed by atoms with E-state index in [1.165, 1.54) is 31.4 Å². The summed E-state index contributed by atoms with van der Waals surface area (Å²) in [5.41, 5.74) is 5.97. The molecule has 0 saturated heterocycles. The van der Waals surface area contributed by atoms with Crippen LogP contribution in [0.1, 0.15) is 19.3 Å². The number of carbonyl (C=O) groups excluding carboxylic acids is 1. The second kappa shape index (κ2) is 3.72. The summed E-state index contributed by atoms with van der Waals surface area (Å²) in [5, 5.41) is 2.77. The zero-order valence-electron chi connectivity index (χ0n) is 9.45. The predicted molar refractivity (Wildman–Crippen MR) is 63.8 cm³/mol. The molecule has 0 radical (unpaired) electrons. The van der Waals surface area contributed by atoms with Crippen molar-refractivity contribution in [3.05, 3.63) is 24.0 Å². The van der Waals surface area contributed by atoms with Crippen LogP contribution in [-0.4, -0.2) is 5.91 Å². The molecular formula is C13H15FN2O. The first kappa shape index (κ1) is 10.6. The standard InChI is InChI=1S/C13H15FN2O/c14-10-6-7(4-5-11(10)15)16-13(17)12-8-2-1-3-9(8)12/h4-6,8-9,12H,1-3,15H2,(H,16,17). The maximum Gasteiger partial charge on any atom is 0.228 e. The highest BCUT2D eigenvalue weighted by atomic mass is 19.1.